The third kappa shape index (κ3) is 2.07. The molecule has 0 aliphatic carbocycles. The Morgan fingerprint density at radius 2 is 2.11 bits per heavy atom. The maximum absolute atomic E-state index is 12.0. The first-order chi connectivity index (χ1) is 9.15. The van der Waals surface area contributed by atoms with Crippen molar-refractivity contribution in [3.63, 3.8) is 0 Å². The molecule has 0 bridgehead atoms. The fourth-order valence-corrected chi connectivity index (χ4v) is 2.25. The molecular weight excluding hydrogens is 246 g/mol. The van der Waals surface area contributed by atoms with Crippen molar-refractivity contribution in [1.82, 2.24) is 4.90 Å². The number of carbonyl (C=O) groups is 2. The van der Waals surface area contributed by atoms with Crippen LogP contribution in [-0.2, 0) is 9.59 Å². The van der Waals surface area contributed by atoms with Gasteiger partial charge < -0.3 is 9.47 Å². The van der Waals surface area contributed by atoms with Crippen LogP contribution in [-0.4, -0.2) is 30.1 Å². The minimum atomic E-state index is -0.209. The highest BCUT2D eigenvalue weighted by Crippen LogP contribution is 2.33. The summed E-state index contributed by atoms with van der Waals surface area (Å²) in [7, 11) is 0. The number of likely N-dealkylation sites (tertiary alicyclic amines) is 1. The average molecular weight is 259 g/mol. The van der Waals surface area contributed by atoms with Crippen molar-refractivity contribution in [1.29, 1.82) is 0 Å². The van der Waals surface area contributed by atoms with E-state index in [0.717, 1.165) is 5.56 Å². The fraction of sp³-hybridized carbons (Fsp3) is 0.286. The SMILES string of the molecule is CC(=O)N1CC/C(=C\c2ccc3c(c2)OCO3)C1=O. The Labute approximate surface area is 110 Å². The first kappa shape index (κ1) is 11.8. The number of benzene rings is 1. The molecule has 0 radical (unpaired) electrons. The van der Waals surface area contributed by atoms with E-state index >= 15 is 0 Å². The lowest BCUT2D eigenvalue weighted by Crippen LogP contribution is -2.29. The van der Waals surface area contributed by atoms with Crippen molar-refractivity contribution in [3.05, 3.63) is 29.3 Å². The van der Waals surface area contributed by atoms with E-state index in [1.807, 2.05) is 18.2 Å². The van der Waals surface area contributed by atoms with E-state index in [-0.39, 0.29) is 18.6 Å². The number of hydrogen-bond acceptors (Lipinski definition) is 4. The second-order valence-electron chi connectivity index (χ2n) is 4.51. The molecule has 0 unspecified atom stereocenters. The standard InChI is InChI=1S/C14H13NO4/c1-9(16)15-5-4-11(14(15)17)6-10-2-3-12-13(7-10)19-8-18-12/h2-3,6-7H,4-5,8H2,1H3/b11-6+. The fourth-order valence-electron chi connectivity index (χ4n) is 2.25. The Kier molecular flexibility index (Phi) is 2.74. The molecule has 0 saturated carbocycles. The Bertz CT molecular complexity index is 591. The van der Waals surface area contributed by atoms with Crippen LogP contribution in [0, 0.1) is 0 Å². The molecule has 5 nitrogen and oxygen atoms in total. The van der Waals surface area contributed by atoms with Crippen LogP contribution < -0.4 is 9.47 Å². The van der Waals surface area contributed by atoms with Crippen molar-refractivity contribution in [2.45, 2.75) is 13.3 Å². The minimum Gasteiger partial charge on any atom is -0.454 e. The molecule has 1 aromatic rings. The molecule has 2 aliphatic heterocycles. The van der Waals surface area contributed by atoms with Gasteiger partial charge in [0.1, 0.15) is 0 Å². The maximum Gasteiger partial charge on any atom is 0.256 e. The Morgan fingerprint density at radius 3 is 2.84 bits per heavy atom. The summed E-state index contributed by atoms with van der Waals surface area (Å²) in [5.74, 6) is 0.984. The van der Waals surface area contributed by atoms with Crippen LogP contribution in [0.1, 0.15) is 18.9 Å². The predicted octanol–water partition coefficient (Wildman–Crippen LogP) is 1.58. The van der Waals surface area contributed by atoms with Crippen molar-refractivity contribution >= 4 is 17.9 Å². The minimum absolute atomic E-state index is 0.204. The predicted molar refractivity (Wildman–Crippen MR) is 67.6 cm³/mol. The second kappa shape index (κ2) is 4.42. The molecule has 2 aliphatic rings. The molecule has 0 spiro atoms. The van der Waals surface area contributed by atoms with Gasteiger partial charge in [-0.25, -0.2) is 0 Å². The summed E-state index contributed by atoms with van der Waals surface area (Å²) in [6.45, 7) is 2.10. The van der Waals surface area contributed by atoms with Gasteiger partial charge in [0, 0.05) is 19.0 Å². The van der Waals surface area contributed by atoms with E-state index in [4.69, 9.17) is 9.47 Å². The second-order valence-corrected chi connectivity index (χ2v) is 4.51. The topological polar surface area (TPSA) is 55.8 Å². The van der Waals surface area contributed by atoms with Crippen molar-refractivity contribution in [3.8, 4) is 11.5 Å². The maximum atomic E-state index is 12.0. The zero-order valence-electron chi connectivity index (χ0n) is 10.5. The summed E-state index contributed by atoms with van der Waals surface area (Å²) in [6.07, 6.45) is 2.39. The van der Waals surface area contributed by atoms with Crippen LogP contribution >= 0.6 is 0 Å². The van der Waals surface area contributed by atoms with Crippen LogP contribution in [0.25, 0.3) is 6.08 Å². The summed E-state index contributed by atoms with van der Waals surface area (Å²) in [5, 5.41) is 0. The highest BCUT2D eigenvalue weighted by molar-refractivity contribution is 6.08. The number of rotatable bonds is 1. The van der Waals surface area contributed by atoms with Gasteiger partial charge in [0.25, 0.3) is 5.91 Å². The zero-order chi connectivity index (χ0) is 13.4. The van der Waals surface area contributed by atoms with Crippen molar-refractivity contribution < 1.29 is 19.1 Å². The van der Waals surface area contributed by atoms with E-state index in [9.17, 15) is 9.59 Å². The number of imide groups is 1. The molecule has 1 saturated heterocycles. The van der Waals surface area contributed by atoms with Gasteiger partial charge >= 0.3 is 0 Å². The highest BCUT2D eigenvalue weighted by Gasteiger charge is 2.28. The largest absolute Gasteiger partial charge is 0.454 e. The highest BCUT2D eigenvalue weighted by atomic mass is 16.7. The quantitative estimate of drug-likeness (QED) is 0.718. The molecule has 1 fully saturated rings. The molecule has 98 valence electrons. The lowest BCUT2D eigenvalue weighted by molar-refractivity contribution is -0.138. The number of carbonyl (C=O) groups excluding carboxylic acids is 2. The van der Waals surface area contributed by atoms with Crippen LogP contribution in [0.2, 0.25) is 0 Å². The molecule has 0 aromatic heterocycles. The van der Waals surface area contributed by atoms with Gasteiger partial charge in [-0.1, -0.05) is 6.07 Å². The summed E-state index contributed by atoms with van der Waals surface area (Å²) >= 11 is 0. The first-order valence-corrected chi connectivity index (χ1v) is 6.08. The van der Waals surface area contributed by atoms with Gasteiger partial charge in [-0.2, -0.15) is 0 Å². The van der Waals surface area contributed by atoms with Crippen molar-refractivity contribution in [2.75, 3.05) is 13.3 Å². The molecule has 19 heavy (non-hydrogen) atoms. The molecular formula is C14H13NO4. The molecule has 1 aromatic carbocycles. The lowest BCUT2D eigenvalue weighted by atomic mass is 10.1. The van der Waals surface area contributed by atoms with Crippen LogP contribution in [0.15, 0.2) is 23.8 Å². The molecule has 2 heterocycles. The summed E-state index contributed by atoms with van der Waals surface area (Å²) in [6, 6.07) is 5.51. The average Bonchev–Trinajstić information content (AvgIpc) is 2.96. The molecule has 3 rings (SSSR count). The normalized spacial score (nSPS) is 19.3. The van der Waals surface area contributed by atoms with E-state index < -0.39 is 0 Å². The lowest BCUT2D eigenvalue weighted by Gasteiger charge is -2.08. The van der Waals surface area contributed by atoms with Gasteiger partial charge in [0.05, 0.1) is 0 Å². The van der Waals surface area contributed by atoms with Crippen LogP contribution in [0.5, 0.6) is 11.5 Å². The van der Waals surface area contributed by atoms with Gasteiger partial charge in [0.15, 0.2) is 11.5 Å². The number of fused-ring (bicyclic) bond motifs is 1. The number of ether oxygens (including phenoxy) is 2. The Hall–Kier alpha value is -2.30. The van der Waals surface area contributed by atoms with Gasteiger partial charge in [0.2, 0.25) is 12.7 Å². The van der Waals surface area contributed by atoms with Crippen LogP contribution in [0.3, 0.4) is 0 Å². The number of hydrogen-bond donors (Lipinski definition) is 0. The van der Waals surface area contributed by atoms with E-state index in [2.05, 4.69) is 0 Å². The third-order valence-electron chi connectivity index (χ3n) is 3.24. The first-order valence-electron chi connectivity index (χ1n) is 6.08. The number of amides is 2. The Morgan fingerprint density at radius 1 is 1.32 bits per heavy atom. The molecule has 0 atom stereocenters. The third-order valence-corrected chi connectivity index (χ3v) is 3.24. The molecule has 2 amide bonds. The summed E-state index contributed by atoms with van der Waals surface area (Å²) in [5.41, 5.74) is 1.52. The molecule has 0 N–H and O–H groups in total. The molecule has 5 heteroatoms. The van der Waals surface area contributed by atoms with Gasteiger partial charge in [-0.3, -0.25) is 14.5 Å². The van der Waals surface area contributed by atoms with E-state index in [0.29, 0.717) is 30.0 Å². The zero-order valence-corrected chi connectivity index (χ0v) is 10.5. The van der Waals surface area contributed by atoms with E-state index in [1.165, 1.54) is 11.8 Å². The summed E-state index contributed by atoms with van der Waals surface area (Å²) in [4.78, 5) is 24.5. The van der Waals surface area contributed by atoms with E-state index in [1.54, 1.807) is 6.08 Å². The monoisotopic (exact) mass is 259 g/mol. The smallest absolute Gasteiger partial charge is 0.256 e. The van der Waals surface area contributed by atoms with Gasteiger partial charge in [-0.15, -0.1) is 0 Å². The van der Waals surface area contributed by atoms with Crippen molar-refractivity contribution in [2.24, 2.45) is 0 Å². The Balaban J connectivity index is 1.86. The number of nitrogens with zero attached hydrogens (tertiary/aromatic N) is 1. The van der Waals surface area contributed by atoms with Gasteiger partial charge in [-0.05, 0) is 30.2 Å². The summed E-state index contributed by atoms with van der Waals surface area (Å²) < 4.78 is 10.5. The van der Waals surface area contributed by atoms with Crippen LogP contribution in [0.4, 0.5) is 0 Å².